The molecule has 0 N–H and O–H groups in total. The number of hydrogen-bond donors (Lipinski definition) is 0. The Bertz CT molecular complexity index is 1270. The van der Waals surface area contributed by atoms with Gasteiger partial charge in [-0.15, -0.1) is 0 Å². The third kappa shape index (κ3) is 4.15. The summed E-state index contributed by atoms with van der Waals surface area (Å²) >= 11 is 3.41. The Morgan fingerprint density at radius 2 is 1.40 bits per heavy atom. The van der Waals surface area contributed by atoms with E-state index in [2.05, 4.69) is 15.9 Å². The summed E-state index contributed by atoms with van der Waals surface area (Å²) in [6.07, 6.45) is 2.97. The van der Waals surface area contributed by atoms with Gasteiger partial charge in [0.1, 0.15) is 5.76 Å². The Morgan fingerprint density at radius 3 is 2.00 bits per heavy atom. The Morgan fingerprint density at radius 1 is 0.800 bits per heavy atom. The number of sulfone groups is 1. The molecule has 1 heterocycles. The molecule has 0 aromatic heterocycles. The van der Waals surface area contributed by atoms with Crippen LogP contribution in [0.15, 0.2) is 94.0 Å². The lowest BCUT2D eigenvalue weighted by atomic mass is 9.94. The number of carbonyl (C=O) groups excluding carboxylic acids is 1. The maximum atomic E-state index is 12.8. The van der Waals surface area contributed by atoms with Crippen molar-refractivity contribution in [3.63, 3.8) is 0 Å². The minimum Gasteiger partial charge on any atom is -0.422 e. The molecule has 3 aromatic carbocycles. The average molecular weight is 481 g/mol. The molecule has 0 spiro atoms. The van der Waals surface area contributed by atoms with Crippen molar-refractivity contribution < 1.29 is 17.9 Å². The predicted octanol–water partition coefficient (Wildman–Crippen LogP) is 5.36. The lowest BCUT2D eigenvalue weighted by molar-refractivity contribution is -0.131. The van der Waals surface area contributed by atoms with E-state index in [0.717, 1.165) is 21.9 Å². The zero-order valence-electron chi connectivity index (χ0n) is 16.0. The summed E-state index contributed by atoms with van der Waals surface area (Å²) in [5.41, 5.74) is 3.40. The van der Waals surface area contributed by atoms with Crippen molar-refractivity contribution in [2.75, 3.05) is 6.26 Å². The van der Waals surface area contributed by atoms with Crippen LogP contribution in [0.25, 0.3) is 17.2 Å². The molecule has 1 aliphatic rings. The topological polar surface area (TPSA) is 60.4 Å². The van der Waals surface area contributed by atoms with E-state index >= 15 is 0 Å². The summed E-state index contributed by atoms with van der Waals surface area (Å²) in [6.45, 7) is 0. The van der Waals surface area contributed by atoms with Crippen molar-refractivity contribution in [1.82, 2.24) is 0 Å². The molecule has 30 heavy (non-hydrogen) atoms. The number of carbonyl (C=O) groups is 1. The second kappa shape index (κ2) is 8.05. The molecule has 0 saturated carbocycles. The Kier molecular flexibility index (Phi) is 5.45. The third-order valence-corrected chi connectivity index (χ3v) is 6.36. The molecular formula is C24H17BrO4S. The van der Waals surface area contributed by atoms with Gasteiger partial charge >= 0.3 is 5.97 Å². The number of allylic oxidation sites excluding steroid dienone is 1. The molecule has 4 rings (SSSR count). The lowest BCUT2D eigenvalue weighted by Crippen LogP contribution is -1.98. The number of rotatable bonds is 4. The van der Waals surface area contributed by atoms with Crippen LogP contribution in [0.5, 0.6) is 0 Å². The highest BCUT2D eigenvalue weighted by molar-refractivity contribution is 9.10. The molecular weight excluding hydrogens is 464 g/mol. The summed E-state index contributed by atoms with van der Waals surface area (Å²) in [6, 6.07) is 23.4. The number of benzene rings is 3. The SMILES string of the molecule is CS(=O)(=O)c1ccc(C2=C(c3ccccc3)C(=O)O/C2=C\c2ccc(Br)cc2)cc1. The molecule has 1 aliphatic heterocycles. The Labute approximate surface area is 183 Å². The Hall–Kier alpha value is -2.96. The third-order valence-electron chi connectivity index (χ3n) is 4.70. The highest BCUT2D eigenvalue weighted by Gasteiger charge is 2.32. The zero-order valence-corrected chi connectivity index (χ0v) is 18.4. The molecule has 0 fully saturated rings. The van der Waals surface area contributed by atoms with E-state index in [1.54, 1.807) is 30.3 Å². The van der Waals surface area contributed by atoms with E-state index in [1.807, 2.05) is 54.6 Å². The number of cyclic esters (lactones) is 1. The number of ether oxygens (including phenoxy) is 1. The van der Waals surface area contributed by atoms with Crippen LogP contribution in [-0.4, -0.2) is 20.6 Å². The smallest absolute Gasteiger partial charge is 0.344 e. The van der Waals surface area contributed by atoms with Gasteiger partial charge in [-0.3, -0.25) is 0 Å². The zero-order chi connectivity index (χ0) is 21.3. The molecule has 0 bridgehead atoms. The fourth-order valence-electron chi connectivity index (χ4n) is 3.26. The van der Waals surface area contributed by atoms with E-state index in [4.69, 9.17) is 4.74 Å². The van der Waals surface area contributed by atoms with Crippen LogP contribution in [0.1, 0.15) is 16.7 Å². The molecule has 4 nitrogen and oxygen atoms in total. The molecule has 0 radical (unpaired) electrons. The van der Waals surface area contributed by atoms with Gasteiger partial charge in [-0.05, 0) is 47.0 Å². The quantitative estimate of drug-likeness (QED) is 0.471. The highest BCUT2D eigenvalue weighted by Crippen LogP contribution is 2.40. The summed E-state index contributed by atoms with van der Waals surface area (Å²) in [7, 11) is -3.32. The second-order valence-electron chi connectivity index (χ2n) is 6.86. The summed E-state index contributed by atoms with van der Waals surface area (Å²) in [5.74, 6) is -0.0139. The molecule has 150 valence electrons. The van der Waals surface area contributed by atoms with Gasteiger partial charge in [0.2, 0.25) is 0 Å². The molecule has 0 saturated heterocycles. The van der Waals surface area contributed by atoms with Gasteiger partial charge in [0.15, 0.2) is 9.84 Å². The van der Waals surface area contributed by atoms with Gasteiger partial charge in [0.05, 0.1) is 10.5 Å². The summed E-state index contributed by atoms with van der Waals surface area (Å²) < 4.78 is 30.3. The molecule has 3 aromatic rings. The van der Waals surface area contributed by atoms with E-state index in [0.29, 0.717) is 22.5 Å². The van der Waals surface area contributed by atoms with E-state index in [-0.39, 0.29) is 4.90 Å². The Balaban J connectivity index is 1.91. The van der Waals surface area contributed by atoms with Crippen molar-refractivity contribution in [3.8, 4) is 0 Å². The van der Waals surface area contributed by atoms with Gasteiger partial charge in [-0.25, -0.2) is 13.2 Å². The minimum absolute atomic E-state index is 0.219. The first-order chi connectivity index (χ1) is 14.3. The van der Waals surface area contributed by atoms with Crippen molar-refractivity contribution >= 4 is 49.0 Å². The van der Waals surface area contributed by atoms with Gasteiger partial charge in [-0.2, -0.15) is 0 Å². The van der Waals surface area contributed by atoms with Crippen LogP contribution in [0.3, 0.4) is 0 Å². The molecule has 0 unspecified atom stereocenters. The first-order valence-electron chi connectivity index (χ1n) is 9.13. The maximum Gasteiger partial charge on any atom is 0.344 e. The van der Waals surface area contributed by atoms with Crippen molar-refractivity contribution in [2.45, 2.75) is 4.90 Å². The van der Waals surface area contributed by atoms with Crippen molar-refractivity contribution in [2.24, 2.45) is 0 Å². The standard InChI is InChI=1S/C24H17BrO4S/c1-30(27,28)20-13-9-18(10-14-20)22-21(15-16-7-11-19(25)12-8-16)29-24(26)23(22)17-5-3-2-4-6-17/h2-15H,1H3/b21-15-. The maximum absolute atomic E-state index is 12.8. The van der Waals surface area contributed by atoms with Crippen LogP contribution >= 0.6 is 15.9 Å². The van der Waals surface area contributed by atoms with Gasteiger partial charge in [0.25, 0.3) is 0 Å². The van der Waals surface area contributed by atoms with Crippen LogP contribution in [-0.2, 0) is 19.4 Å². The van der Waals surface area contributed by atoms with Crippen LogP contribution in [0, 0.1) is 0 Å². The summed E-state index contributed by atoms with van der Waals surface area (Å²) in [5, 5.41) is 0. The average Bonchev–Trinajstić information content (AvgIpc) is 3.05. The lowest BCUT2D eigenvalue weighted by Gasteiger charge is -2.08. The van der Waals surface area contributed by atoms with Crippen molar-refractivity contribution in [1.29, 1.82) is 0 Å². The van der Waals surface area contributed by atoms with Crippen LogP contribution < -0.4 is 0 Å². The number of hydrogen-bond acceptors (Lipinski definition) is 4. The predicted molar refractivity (Wildman–Crippen MR) is 121 cm³/mol. The van der Waals surface area contributed by atoms with E-state index in [1.165, 1.54) is 0 Å². The fraction of sp³-hybridized carbons (Fsp3) is 0.0417. The number of halogens is 1. The fourth-order valence-corrected chi connectivity index (χ4v) is 4.16. The monoisotopic (exact) mass is 480 g/mol. The van der Waals surface area contributed by atoms with Crippen molar-refractivity contribution in [3.05, 3.63) is 106 Å². The normalized spacial score (nSPS) is 15.5. The molecule has 0 amide bonds. The second-order valence-corrected chi connectivity index (χ2v) is 9.79. The van der Waals surface area contributed by atoms with Gasteiger partial charge in [0, 0.05) is 16.3 Å². The minimum atomic E-state index is -3.32. The van der Waals surface area contributed by atoms with E-state index in [9.17, 15) is 13.2 Å². The van der Waals surface area contributed by atoms with E-state index < -0.39 is 15.8 Å². The number of esters is 1. The largest absolute Gasteiger partial charge is 0.422 e. The summed E-state index contributed by atoms with van der Waals surface area (Å²) in [4.78, 5) is 13.0. The highest BCUT2D eigenvalue weighted by atomic mass is 79.9. The first-order valence-corrected chi connectivity index (χ1v) is 11.8. The van der Waals surface area contributed by atoms with Crippen LogP contribution in [0.2, 0.25) is 0 Å². The molecule has 6 heteroatoms. The van der Waals surface area contributed by atoms with Gasteiger partial charge in [-0.1, -0.05) is 70.5 Å². The van der Waals surface area contributed by atoms with Crippen LogP contribution in [0.4, 0.5) is 0 Å². The van der Waals surface area contributed by atoms with Gasteiger partial charge < -0.3 is 4.74 Å². The molecule has 0 aliphatic carbocycles. The molecule has 0 atom stereocenters. The first kappa shape index (κ1) is 20.3.